The minimum Gasteiger partial charge on any atom is -0.493 e. The number of aromatic nitrogens is 1. The van der Waals surface area contributed by atoms with E-state index in [0.29, 0.717) is 29.0 Å². The number of rotatable bonds is 7. The molecule has 7 nitrogen and oxygen atoms in total. The van der Waals surface area contributed by atoms with Crippen LogP contribution in [0.1, 0.15) is 19.3 Å². The molecule has 5 rings (SSSR count). The largest absolute Gasteiger partial charge is 0.493 e. The lowest BCUT2D eigenvalue weighted by atomic mass is 10.1. The lowest BCUT2D eigenvalue weighted by molar-refractivity contribution is -0.118. The minimum absolute atomic E-state index is 0.0851. The topological polar surface area (TPSA) is 81.7 Å². The minimum atomic E-state index is -0.0851. The van der Waals surface area contributed by atoms with E-state index in [4.69, 9.17) is 26.4 Å². The maximum Gasteiger partial charge on any atom is 0.231 e. The van der Waals surface area contributed by atoms with Crippen LogP contribution < -0.4 is 24.8 Å². The van der Waals surface area contributed by atoms with E-state index < -0.39 is 0 Å². The molecule has 0 saturated heterocycles. The van der Waals surface area contributed by atoms with Gasteiger partial charge in [-0.05, 0) is 54.2 Å². The van der Waals surface area contributed by atoms with E-state index in [2.05, 4.69) is 21.7 Å². The molecule has 1 aromatic heterocycles. The van der Waals surface area contributed by atoms with Gasteiger partial charge in [-0.3, -0.25) is 9.78 Å². The van der Waals surface area contributed by atoms with Crippen molar-refractivity contribution in [3.8, 4) is 17.2 Å². The number of amides is 1. The van der Waals surface area contributed by atoms with Crippen LogP contribution in [0.4, 0.5) is 0 Å². The Morgan fingerprint density at radius 3 is 2.76 bits per heavy atom. The molecule has 1 aromatic carbocycles. The summed E-state index contributed by atoms with van der Waals surface area (Å²) >= 11 is 7.10. The number of fused-ring (bicyclic) bond motifs is 2. The molecule has 176 valence electrons. The zero-order chi connectivity index (χ0) is 23.7. The lowest BCUT2D eigenvalue weighted by Crippen LogP contribution is -2.39. The van der Waals surface area contributed by atoms with Crippen LogP contribution in [-0.2, 0) is 4.79 Å². The number of carbonyl (C=O) groups excluding carboxylic acids is 1. The van der Waals surface area contributed by atoms with Gasteiger partial charge in [0, 0.05) is 40.9 Å². The maximum atomic E-state index is 12.2. The molecule has 0 spiro atoms. The third-order valence-corrected chi connectivity index (χ3v) is 7.37. The Labute approximate surface area is 207 Å². The summed E-state index contributed by atoms with van der Waals surface area (Å²) < 4.78 is 17.2. The second-order valence-electron chi connectivity index (χ2n) is 8.26. The zero-order valence-electron chi connectivity index (χ0n) is 18.9. The highest BCUT2D eigenvalue weighted by Gasteiger charge is 2.46. The van der Waals surface area contributed by atoms with Crippen LogP contribution in [0.3, 0.4) is 0 Å². The monoisotopic (exact) mass is 495 g/mol. The van der Waals surface area contributed by atoms with Crippen LogP contribution in [0.15, 0.2) is 59.0 Å². The van der Waals surface area contributed by atoms with Gasteiger partial charge in [0.15, 0.2) is 16.6 Å². The second kappa shape index (κ2) is 9.68. The number of nitrogens with one attached hydrogen (secondary N) is 2. The first-order valence-electron chi connectivity index (χ1n) is 11.1. The predicted octanol–water partition coefficient (Wildman–Crippen LogP) is 4.45. The van der Waals surface area contributed by atoms with Crippen LogP contribution in [0.5, 0.6) is 17.2 Å². The van der Waals surface area contributed by atoms with Crippen LogP contribution in [0.25, 0.3) is 10.9 Å². The highest BCUT2D eigenvalue weighted by atomic mass is 32.2. The van der Waals surface area contributed by atoms with Crippen LogP contribution in [0, 0.1) is 11.8 Å². The summed E-state index contributed by atoms with van der Waals surface area (Å²) in [4.78, 5) is 17.8. The Morgan fingerprint density at radius 1 is 1.18 bits per heavy atom. The predicted molar refractivity (Wildman–Crippen MR) is 137 cm³/mol. The van der Waals surface area contributed by atoms with Gasteiger partial charge in [-0.25, -0.2) is 0 Å². The summed E-state index contributed by atoms with van der Waals surface area (Å²) in [5, 5.41) is 7.18. The third kappa shape index (κ3) is 4.76. The number of thiocarbonyl (C=S) groups is 1. The van der Waals surface area contributed by atoms with Gasteiger partial charge < -0.3 is 24.8 Å². The van der Waals surface area contributed by atoms with E-state index in [9.17, 15) is 4.79 Å². The number of thioether (sulfide) groups is 1. The van der Waals surface area contributed by atoms with Gasteiger partial charge in [0.25, 0.3) is 0 Å². The fourth-order valence-electron chi connectivity index (χ4n) is 4.26. The first-order chi connectivity index (χ1) is 16.6. The van der Waals surface area contributed by atoms with Gasteiger partial charge >= 0.3 is 0 Å². The Balaban J connectivity index is 1.27. The number of ether oxygens (including phenoxy) is 3. The van der Waals surface area contributed by atoms with Crippen LogP contribution in [0.2, 0.25) is 0 Å². The quantitative estimate of drug-likeness (QED) is 0.546. The molecule has 9 heteroatoms. The summed E-state index contributed by atoms with van der Waals surface area (Å²) in [6.07, 6.45) is 10.2. The van der Waals surface area contributed by atoms with Crippen molar-refractivity contribution in [2.45, 2.75) is 19.3 Å². The van der Waals surface area contributed by atoms with Crippen molar-refractivity contribution in [3.63, 3.8) is 0 Å². The fourth-order valence-corrected chi connectivity index (χ4v) is 5.46. The van der Waals surface area contributed by atoms with Crippen molar-refractivity contribution in [3.05, 3.63) is 59.0 Å². The number of methoxy groups -OCH3 is 2. The summed E-state index contributed by atoms with van der Waals surface area (Å²) in [5.74, 6) is 4.40. The zero-order valence-corrected chi connectivity index (χ0v) is 20.6. The molecule has 0 bridgehead atoms. The van der Waals surface area contributed by atoms with E-state index in [1.165, 1.54) is 0 Å². The highest BCUT2D eigenvalue weighted by Crippen LogP contribution is 2.51. The first-order valence-corrected chi connectivity index (χ1v) is 12.5. The van der Waals surface area contributed by atoms with Crippen molar-refractivity contribution in [1.82, 2.24) is 15.6 Å². The van der Waals surface area contributed by atoms with Crippen LogP contribution >= 0.6 is 24.0 Å². The average molecular weight is 496 g/mol. The van der Waals surface area contributed by atoms with Crippen LogP contribution in [-0.4, -0.2) is 36.0 Å². The number of nitrogens with zero attached hydrogens (tertiary/aromatic N) is 1. The number of carbonyl (C=O) groups is 1. The van der Waals surface area contributed by atoms with Gasteiger partial charge in [-0.2, -0.15) is 0 Å². The van der Waals surface area contributed by atoms with Gasteiger partial charge in [0.2, 0.25) is 5.91 Å². The van der Waals surface area contributed by atoms with E-state index in [1.807, 2.05) is 30.4 Å². The Bertz CT molecular complexity index is 1250. The summed E-state index contributed by atoms with van der Waals surface area (Å²) in [5.41, 5.74) is 1.77. The molecule has 1 saturated carbocycles. The number of allylic oxidation sites excluding steroid dienone is 5. The molecular formula is C25H25N3O4S2. The summed E-state index contributed by atoms with van der Waals surface area (Å²) in [6, 6.07) is 5.58. The number of pyridine rings is 1. The Morgan fingerprint density at radius 2 is 2.00 bits per heavy atom. The van der Waals surface area contributed by atoms with Gasteiger partial charge in [-0.1, -0.05) is 6.08 Å². The van der Waals surface area contributed by atoms with Gasteiger partial charge in [0.1, 0.15) is 11.5 Å². The lowest BCUT2D eigenvalue weighted by Gasteiger charge is -2.18. The standard InChI is InChI=1S/C25H25N3O4S2/c1-30-22-12-17-19(13-23(22)31-2)26-8-7-21(17)32-20-6-5-18(15-11-16(15)20)27-25(33)28-24(29)10-14-4-3-9-34-14/h4-8,12-13,15-16H,3,9-11H2,1-2H3,(H2,27,28,29,33). The summed E-state index contributed by atoms with van der Waals surface area (Å²) in [6.45, 7) is 0. The van der Waals surface area contributed by atoms with E-state index in [-0.39, 0.29) is 11.8 Å². The molecule has 0 radical (unpaired) electrons. The molecule has 2 unspecified atom stereocenters. The molecular weight excluding hydrogens is 470 g/mol. The van der Waals surface area contributed by atoms with Crippen molar-refractivity contribution >= 4 is 45.9 Å². The number of hydrogen-bond acceptors (Lipinski definition) is 7. The third-order valence-electron chi connectivity index (χ3n) is 6.04. The molecule has 2 N–H and O–H groups in total. The van der Waals surface area contributed by atoms with Gasteiger partial charge in [-0.15, -0.1) is 11.8 Å². The maximum absolute atomic E-state index is 12.2. The fraction of sp³-hybridized carbons (Fsp3) is 0.320. The molecule has 34 heavy (non-hydrogen) atoms. The SMILES string of the molecule is COc1cc2nccc(OC3=CC=C(NC(=S)NC(=O)CC4=CCCS4)C4CC34)c2cc1OC. The Hall–Kier alpha value is -3.04. The molecule has 3 aliphatic rings. The summed E-state index contributed by atoms with van der Waals surface area (Å²) in [7, 11) is 3.21. The van der Waals surface area contributed by atoms with E-state index >= 15 is 0 Å². The van der Waals surface area contributed by atoms with Crippen molar-refractivity contribution in [2.24, 2.45) is 11.8 Å². The normalized spacial score (nSPS) is 20.5. The molecule has 2 aromatic rings. The number of benzene rings is 1. The smallest absolute Gasteiger partial charge is 0.231 e. The van der Waals surface area contributed by atoms with E-state index in [0.717, 1.165) is 51.6 Å². The second-order valence-corrected chi connectivity index (χ2v) is 9.89. The molecule has 2 atom stereocenters. The Kier molecular flexibility index (Phi) is 6.47. The van der Waals surface area contributed by atoms with Gasteiger partial charge in [0.05, 0.1) is 26.2 Å². The molecule has 2 aliphatic carbocycles. The molecule has 1 fully saturated rings. The first kappa shape index (κ1) is 22.7. The number of hydrogen-bond donors (Lipinski definition) is 2. The van der Waals surface area contributed by atoms with Crippen molar-refractivity contribution in [1.29, 1.82) is 0 Å². The molecule has 2 heterocycles. The molecule has 1 amide bonds. The van der Waals surface area contributed by atoms with E-state index in [1.54, 1.807) is 32.2 Å². The van der Waals surface area contributed by atoms with Crippen molar-refractivity contribution in [2.75, 3.05) is 20.0 Å². The average Bonchev–Trinajstić information content (AvgIpc) is 3.49. The molecule has 1 aliphatic heterocycles. The highest BCUT2D eigenvalue weighted by molar-refractivity contribution is 8.03. The van der Waals surface area contributed by atoms with Crippen molar-refractivity contribution < 1.29 is 19.0 Å².